The van der Waals surface area contributed by atoms with Crippen LogP contribution in [0.3, 0.4) is 0 Å². The van der Waals surface area contributed by atoms with E-state index in [1.54, 1.807) is 23.5 Å². The van der Waals surface area contributed by atoms with Gasteiger partial charge in [-0.15, -0.1) is 11.3 Å². The van der Waals surface area contributed by atoms with Gasteiger partial charge in [-0.3, -0.25) is 0 Å². The zero-order valence-electron chi connectivity index (χ0n) is 12.4. The minimum atomic E-state index is 0.354. The van der Waals surface area contributed by atoms with E-state index in [0.29, 0.717) is 17.7 Å². The summed E-state index contributed by atoms with van der Waals surface area (Å²) in [5.74, 6) is 0.999. The van der Waals surface area contributed by atoms with E-state index in [1.165, 1.54) is 41.1 Å². The van der Waals surface area contributed by atoms with Crippen LogP contribution in [0.1, 0.15) is 47.0 Å². The number of benzene rings is 1. The predicted molar refractivity (Wildman–Crippen MR) is 86.8 cm³/mol. The monoisotopic (exact) mass is 302 g/mol. The molecular weight excluding hydrogens is 280 g/mol. The highest BCUT2D eigenvalue weighted by Gasteiger charge is 2.22. The number of nitrogens with zero attached hydrogens (tertiary/aromatic N) is 1. The molecule has 4 heteroatoms. The first kappa shape index (κ1) is 14.5. The molecule has 1 aromatic heterocycles. The van der Waals surface area contributed by atoms with Crippen molar-refractivity contribution in [1.82, 2.24) is 10.3 Å². The maximum atomic E-state index is 9.36. The van der Waals surface area contributed by atoms with Crippen molar-refractivity contribution in [3.8, 4) is 5.75 Å². The Labute approximate surface area is 130 Å². The van der Waals surface area contributed by atoms with Crippen LogP contribution in [0.2, 0.25) is 0 Å². The lowest BCUT2D eigenvalue weighted by Gasteiger charge is -2.29. The Morgan fingerprint density at radius 2 is 1.90 bits per heavy atom. The third kappa shape index (κ3) is 3.83. The van der Waals surface area contributed by atoms with Crippen molar-refractivity contribution in [2.75, 3.05) is 0 Å². The number of thiazole rings is 1. The standard InChI is InChI=1S/C17H22N2OS/c1-12-10-19-17(21-12)11-18-15-6-2-13(3-7-15)14-4-8-16(20)9-5-14/h4-5,8-10,13,15,18,20H,2-3,6-7,11H2,1H3. The molecule has 1 aliphatic rings. The molecule has 0 radical (unpaired) electrons. The van der Waals surface area contributed by atoms with Crippen molar-refractivity contribution < 1.29 is 5.11 Å². The first-order chi connectivity index (χ1) is 10.2. The van der Waals surface area contributed by atoms with E-state index in [-0.39, 0.29) is 0 Å². The van der Waals surface area contributed by atoms with Crippen LogP contribution in [-0.4, -0.2) is 16.1 Å². The molecule has 1 saturated carbocycles. The third-order valence-corrected chi connectivity index (χ3v) is 5.22. The van der Waals surface area contributed by atoms with Gasteiger partial charge in [0, 0.05) is 23.7 Å². The second-order valence-electron chi connectivity index (χ2n) is 5.89. The molecule has 21 heavy (non-hydrogen) atoms. The number of phenolic OH excluding ortho intramolecular Hbond substituents is 1. The van der Waals surface area contributed by atoms with Gasteiger partial charge >= 0.3 is 0 Å². The van der Waals surface area contributed by atoms with Crippen molar-refractivity contribution in [2.45, 2.75) is 51.1 Å². The van der Waals surface area contributed by atoms with E-state index in [2.05, 4.69) is 29.4 Å². The molecule has 1 aromatic carbocycles. The topological polar surface area (TPSA) is 45.2 Å². The molecule has 1 aliphatic carbocycles. The van der Waals surface area contributed by atoms with E-state index < -0.39 is 0 Å². The summed E-state index contributed by atoms with van der Waals surface area (Å²) in [5.41, 5.74) is 1.36. The Morgan fingerprint density at radius 3 is 2.52 bits per heavy atom. The number of aromatic nitrogens is 1. The number of aryl methyl sites for hydroxylation is 1. The molecule has 2 N–H and O–H groups in total. The van der Waals surface area contributed by atoms with Crippen molar-refractivity contribution in [3.63, 3.8) is 0 Å². The van der Waals surface area contributed by atoms with Crippen LogP contribution in [0.15, 0.2) is 30.5 Å². The average molecular weight is 302 g/mol. The molecule has 0 atom stereocenters. The van der Waals surface area contributed by atoms with Gasteiger partial charge in [-0.1, -0.05) is 12.1 Å². The van der Waals surface area contributed by atoms with Crippen LogP contribution in [0.4, 0.5) is 0 Å². The van der Waals surface area contributed by atoms with E-state index in [9.17, 15) is 5.11 Å². The van der Waals surface area contributed by atoms with Gasteiger partial charge in [0.25, 0.3) is 0 Å². The number of hydrogen-bond donors (Lipinski definition) is 2. The highest BCUT2D eigenvalue weighted by atomic mass is 32.1. The average Bonchev–Trinajstić information content (AvgIpc) is 2.92. The first-order valence-electron chi connectivity index (χ1n) is 7.64. The molecule has 0 saturated heterocycles. The zero-order chi connectivity index (χ0) is 14.7. The summed E-state index contributed by atoms with van der Waals surface area (Å²) < 4.78 is 0. The molecule has 1 heterocycles. The van der Waals surface area contributed by atoms with Gasteiger partial charge in [0.15, 0.2) is 0 Å². The first-order valence-corrected chi connectivity index (χ1v) is 8.46. The van der Waals surface area contributed by atoms with Gasteiger partial charge in [0.2, 0.25) is 0 Å². The normalized spacial score (nSPS) is 22.3. The number of phenols is 1. The Balaban J connectivity index is 1.47. The van der Waals surface area contributed by atoms with E-state index in [0.717, 1.165) is 6.54 Å². The molecule has 2 aromatic rings. The van der Waals surface area contributed by atoms with Gasteiger partial charge in [0.1, 0.15) is 10.8 Å². The fourth-order valence-corrected chi connectivity index (χ4v) is 3.83. The summed E-state index contributed by atoms with van der Waals surface area (Å²) in [6, 6.07) is 8.33. The highest BCUT2D eigenvalue weighted by molar-refractivity contribution is 7.11. The Kier molecular flexibility index (Phi) is 4.56. The molecule has 3 rings (SSSR count). The minimum Gasteiger partial charge on any atom is -0.508 e. The lowest BCUT2D eigenvalue weighted by Crippen LogP contribution is -2.32. The second-order valence-corrected chi connectivity index (χ2v) is 7.20. The fourth-order valence-electron chi connectivity index (χ4n) is 3.09. The maximum Gasteiger partial charge on any atom is 0.115 e. The van der Waals surface area contributed by atoms with Gasteiger partial charge in [0.05, 0.1) is 0 Å². The maximum absolute atomic E-state index is 9.36. The Morgan fingerprint density at radius 1 is 1.19 bits per heavy atom. The number of rotatable bonds is 4. The van der Waals surface area contributed by atoms with Crippen molar-refractivity contribution >= 4 is 11.3 Å². The van der Waals surface area contributed by atoms with Crippen LogP contribution in [-0.2, 0) is 6.54 Å². The lowest BCUT2D eigenvalue weighted by atomic mass is 9.82. The molecule has 3 nitrogen and oxygen atoms in total. The second kappa shape index (κ2) is 6.58. The van der Waals surface area contributed by atoms with Crippen LogP contribution < -0.4 is 5.32 Å². The number of nitrogens with one attached hydrogen (secondary N) is 1. The van der Waals surface area contributed by atoms with E-state index in [4.69, 9.17) is 0 Å². The quantitative estimate of drug-likeness (QED) is 0.898. The zero-order valence-corrected chi connectivity index (χ0v) is 13.2. The molecule has 0 bridgehead atoms. The van der Waals surface area contributed by atoms with Gasteiger partial charge in [-0.05, 0) is 56.2 Å². The Hall–Kier alpha value is -1.39. The summed E-state index contributed by atoms with van der Waals surface area (Å²) in [4.78, 5) is 5.68. The summed E-state index contributed by atoms with van der Waals surface area (Å²) >= 11 is 1.78. The summed E-state index contributed by atoms with van der Waals surface area (Å²) in [5, 5.41) is 14.2. The molecule has 112 valence electrons. The predicted octanol–water partition coefficient (Wildman–Crippen LogP) is 3.97. The summed E-state index contributed by atoms with van der Waals surface area (Å²) in [7, 11) is 0. The SMILES string of the molecule is Cc1cnc(CNC2CCC(c3ccc(O)cc3)CC2)s1. The summed E-state index contributed by atoms with van der Waals surface area (Å²) in [6.45, 7) is 3.00. The summed E-state index contributed by atoms with van der Waals surface area (Å²) in [6.07, 6.45) is 6.83. The Bertz CT molecular complexity index is 571. The largest absolute Gasteiger partial charge is 0.508 e. The van der Waals surface area contributed by atoms with Crippen LogP contribution in [0, 0.1) is 6.92 Å². The van der Waals surface area contributed by atoms with Gasteiger partial charge < -0.3 is 10.4 Å². The van der Waals surface area contributed by atoms with Crippen molar-refractivity contribution in [3.05, 3.63) is 45.9 Å². The third-order valence-electron chi connectivity index (χ3n) is 4.30. The number of aromatic hydroxyl groups is 1. The minimum absolute atomic E-state index is 0.354. The lowest BCUT2D eigenvalue weighted by molar-refractivity contribution is 0.341. The molecule has 1 fully saturated rings. The smallest absolute Gasteiger partial charge is 0.115 e. The van der Waals surface area contributed by atoms with Crippen LogP contribution in [0.5, 0.6) is 5.75 Å². The van der Waals surface area contributed by atoms with Crippen LogP contribution in [0.25, 0.3) is 0 Å². The van der Waals surface area contributed by atoms with Gasteiger partial charge in [-0.2, -0.15) is 0 Å². The molecule has 0 amide bonds. The molecular formula is C17H22N2OS. The van der Waals surface area contributed by atoms with E-state index in [1.807, 2.05) is 6.20 Å². The van der Waals surface area contributed by atoms with Crippen molar-refractivity contribution in [2.24, 2.45) is 0 Å². The number of hydrogen-bond acceptors (Lipinski definition) is 4. The van der Waals surface area contributed by atoms with Gasteiger partial charge in [-0.25, -0.2) is 4.98 Å². The molecule has 0 unspecified atom stereocenters. The molecule has 0 spiro atoms. The highest BCUT2D eigenvalue weighted by Crippen LogP contribution is 2.33. The van der Waals surface area contributed by atoms with Crippen molar-refractivity contribution in [1.29, 1.82) is 0 Å². The van der Waals surface area contributed by atoms with E-state index >= 15 is 0 Å². The van der Waals surface area contributed by atoms with Crippen LogP contribution >= 0.6 is 11.3 Å². The molecule has 0 aliphatic heterocycles. The fraction of sp³-hybridized carbons (Fsp3) is 0.471.